The average Bonchev–Trinajstić information content (AvgIpc) is 2.25. The molecule has 1 nitrogen and oxygen atoms in total. The second-order valence-corrected chi connectivity index (χ2v) is 4.70. The lowest BCUT2D eigenvalue weighted by atomic mass is 10.00. The van der Waals surface area contributed by atoms with Crippen molar-refractivity contribution in [2.45, 2.75) is 26.3 Å². The summed E-state index contributed by atoms with van der Waals surface area (Å²) >= 11 is 0. The summed E-state index contributed by atoms with van der Waals surface area (Å²) < 4.78 is 26.5. The fraction of sp³-hybridized carbons (Fsp3) is 0.538. The molecule has 3 heteroatoms. The van der Waals surface area contributed by atoms with Crippen LogP contribution in [0.4, 0.5) is 8.78 Å². The molecule has 1 aliphatic rings. The molecule has 1 atom stereocenters. The van der Waals surface area contributed by atoms with Crippen LogP contribution in [-0.2, 0) is 6.54 Å². The minimum absolute atomic E-state index is 0.467. The summed E-state index contributed by atoms with van der Waals surface area (Å²) in [4.78, 5) is 2.20. The molecule has 16 heavy (non-hydrogen) atoms. The summed E-state index contributed by atoms with van der Waals surface area (Å²) in [6.07, 6.45) is 2.39. The zero-order valence-corrected chi connectivity index (χ0v) is 9.55. The molecule has 0 radical (unpaired) electrons. The maximum atomic E-state index is 13.5. The van der Waals surface area contributed by atoms with E-state index in [9.17, 15) is 8.78 Å². The normalized spacial score (nSPS) is 22.3. The van der Waals surface area contributed by atoms with Gasteiger partial charge in [0.05, 0.1) is 0 Å². The van der Waals surface area contributed by atoms with Crippen LogP contribution in [0, 0.1) is 17.6 Å². The van der Waals surface area contributed by atoms with Gasteiger partial charge in [-0.1, -0.05) is 19.1 Å². The summed E-state index contributed by atoms with van der Waals surface area (Å²) in [7, 11) is 0. The summed E-state index contributed by atoms with van der Waals surface area (Å²) in [5.74, 6) is -0.784. The number of piperidine rings is 1. The molecule has 0 spiro atoms. The average molecular weight is 225 g/mol. The molecule has 0 aromatic heterocycles. The summed E-state index contributed by atoms with van der Waals surface area (Å²) in [6.45, 7) is 4.69. The quantitative estimate of drug-likeness (QED) is 0.747. The minimum atomic E-state index is -0.748. The standard InChI is InChI=1S/C13H17F2N/c1-10-4-3-7-16(8-10)9-11-5-2-6-12(14)13(11)15/h2,5-6,10H,3-4,7-9H2,1H3/t10-/m1/s1. The molecule has 1 saturated heterocycles. The van der Waals surface area contributed by atoms with Crippen molar-refractivity contribution >= 4 is 0 Å². The molecule has 2 rings (SSSR count). The van der Waals surface area contributed by atoms with Gasteiger partial charge in [-0.2, -0.15) is 0 Å². The fourth-order valence-corrected chi connectivity index (χ4v) is 2.34. The molecule has 1 heterocycles. The van der Waals surface area contributed by atoms with E-state index in [-0.39, 0.29) is 0 Å². The molecular formula is C13H17F2N. The van der Waals surface area contributed by atoms with E-state index in [1.165, 1.54) is 6.42 Å². The summed E-state index contributed by atoms with van der Waals surface area (Å²) in [5, 5.41) is 0. The molecule has 0 bridgehead atoms. The highest BCUT2D eigenvalue weighted by molar-refractivity contribution is 5.18. The Morgan fingerprint density at radius 1 is 1.38 bits per heavy atom. The molecule has 88 valence electrons. The van der Waals surface area contributed by atoms with Crippen molar-refractivity contribution < 1.29 is 8.78 Å². The number of nitrogens with zero attached hydrogens (tertiary/aromatic N) is 1. The first-order valence-corrected chi connectivity index (χ1v) is 5.82. The maximum Gasteiger partial charge on any atom is 0.163 e. The van der Waals surface area contributed by atoms with E-state index >= 15 is 0 Å². The SMILES string of the molecule is C[C@@H]1CCCN(Cc2cccc(F)c2F)C1. The van der Waals surface area contributed by atoms with Gasteiger partial charge in [-0.05, 0) is 31.4 Å². The Kier molecular flexibility index (Phi) is 3.54. The molecule has 0 unspecified atom stereocenters. The predicted molar refractivity (Wildman–Crippen MR) is 60.0 cm³/mol. The van der Waals surface area contributed by atoms with Gasteiger partial charge in [0.2, 0.25) is 0 Å². The van der Waals surface area contributed by atoms with Crippen LogP contribution in [0.15, 0.2) is 18.2 Å². The topological polar surface area (TPSA) is 3.24 Å². The van der Waals surface area contributed by atoms with E-state index in [0.717, 1.165) is 25.6 Å². The van der Waals surface area contributed by atoms with Crippen molar-refractivity contribution in [3.8, 4) is 0 Å². The molecule has 0 N–H and O–H groups in total. The zero-order valence-electron chi connectivity index (χ0n) is 9.55. The number of halogens is 2. The van der Waals surface area contributed by atoms with Gasteiger partial charge in [-0.15, -0.1) is 0 Å². The summed E-state index contributed by atoms with van der Waals surface area (Å²) in [6, 6.07) is 4.40. The van der Waals surface area contributed by atoms with E-state index in [2.05, 4.69) is 11.8 Å². The van der Waals surface area contributed by atoms with Crippen molar-refractivity contribution in [3.63, 3.8) is 0 Å². The lowest BCUT2D eigenvalue weighted by molar-refractivity contribution is 0.174. The van der Waals surface area contributed by atoms with Gasteiger partial charge in [0.25, 0.3) is 0 Å². The third-order valence-electron chi connectivity index (χ3n) is 3.17. The summed E-state index contributed by atoms with van der Waals surface area (Å²) in [5.41, 5.74) is 0.467. The molecule has 1 fully saturated rings. The van der Waals surface area contributed by atoms with E-state index in [4.69, 9.17) is 0 Å². The molecule has 1 aromatic rings. The fourth-order valence-electron chi connectivity index (χ4n) is 2.34. The Morgan fingerprint density at radius 3 is 2.94 bits per heavy atom. The van der Waals surface area contributed by atoms with Crippen LogP contribution in [0.1, 0.15) is 25.3 Å². The monoisotopic (exact) mass is 225 g/mol. The number of rotatable bonds is 2. The Hall–Kier alpha value is -0.960. The largest absolute Gasteiger partial charge is 0.299 e. The van der Waals surface area contributed by atoms with Gasteiger partial charge in [-0.25, -0.2) is 8.78 Å². The second-order valence-electron chi connectivity index (χ2n) is 4.70. The van der Waals surface area contributed by atoms with Crippen LogP contribution in [0.5, 0.6) is 0 Å². The predicted octanol–water partition coefficient (Wildman–Crippen LogP) is 3.20. The highest BCUT2D eigenvalue weighted by Crippen LogP contribution is 2.19. The Balaban J connectivity index is 2.05. The van der Waals surface area contributed by atoms with Gasteiger partial charge in [-0.3, -0.25) is 4.90 Å². The van der Waals surface area contributed by atoms with E-state index in [0.29, 0.717) is 18.0 Å². The van der Waals surface area contributed by atoms with Gasteiger partial charge in [0, 0.05) is 18.7 Å². The van der Waals surface area contributed by atoms with Crippen LogP contribution in [0.3, 0.4) is 0 Å². The molecule has 0 aliphatic carbocycles. The van der Waals surface area contributed by atoms with Gasteiger partial charge < -0.3 is 0 Å². The third kappa shape index (κ3) is 2.59. The van der Waals surface area contributed by atoms with Gasteiger partial charge in [0.15, 0.2) is 11.6 Å². The lowest BCUT2D eigenvalue weighted by Gasteiger charge is -2.30. The first kappa shape index (κ1) is 11.5. The Labute approximate surface area is 95.1 Å². The van der Waals surface area contributed by atoms with E-state index < -0.39 is 11.6 Å². The molecular weight excluding hydrogens is 208 g/mol. The van der Waals surface area contributed by atoms with Crippen LogP contribution in [-0.4, -0.2) is 18.0 Å². The van der Waals surface area contributed by atoms with Crippen LogP contribution < -0.4 is 0 Å². The number of likely N-dealkylation sites (tertiary alicyclic amines) is 1. The molecule has 1 aromatic carbocycles. The first-order valence-electron chi connectivity index (χ1n) is 5.82. The molecule has 1 aliphatic heterocycles. The van der Waals surface area contributed by atoms with Gasteiger partial charge >= 0.3 is 0 Å². The van der Waals surface area contributed by atoms with Crippen molar-refractivity contribution in [1.82, 2.24) is 4.90 Å². The minimum Gasteiger partial charge on any atom is -0.299 e. The van der Waals surface area contributed by atoms with Crippen LogP contribution in [0.2, 0.25) is 0 Å². The van der Waals surface area contributed by atoms with Crippen molar-refractivity contribution in [3.05, 3.63) is 35.4 Å². The second kappa shape index (κ2) is 4.91. The van der Waals surface area contributed by atoms with Crippen molar-refractivity contribution in [2.24, 2.45) is 5.92 Å². The smallest absolute Gasteiger partial charge is 0.163 e. The molecule has 0 amide bonds. The van der Waals surface area contributed by atoms with Crippen LogP contribution in [0.25, 0.3) is 0 Å². The van der Waals surface area contributed by atoms with E-state index in [1.54, 1.807) is 12.1 Å². The molecule has 0 saturated carbocycles. The maximum absolute atomic E-state index is 13.5. The lowest BCUT2D eigenvalue weighted by Crippen LogP contribution is -2.34. The first-order chi connectivity index (χ1) is 7.66. The van der Waals surface area contributed by atoms with E-state index in [1.807, 2.05) is 0 Å². The van der Waals surface area contributed by atoms with Crippen molar-refractivity contribution in [1.29, 1.82) is 0 Å². The van der Waals surface area contributed by atoms with Crippen molar-refractivity contribution in [2.75, 3.05) is 13.1 Å². The highest BCUT2D eigenvalue weighted by atomic mass is 19.2. The number of benzene rings is 1. The Morgan fingerprint density at radius 2 is 2.19 bits per heavy atom. The van der Waals surface area contributed by atoms with Gasteiger partial charge in [0.1, 0.15) is 0 Å². The zero-order chi connectivity index (χ0) is 11.5. The number of hydrogen-bond acceptors (Lipinski definition) is 1. The third-order valence-corrected chi connectivity index (χ3v) is 3.17. The van der Waals surface area contributed by atoms with Crippen LogP contribution >= 0.6 is 0 Å². The number of hydrogen-bond donors (Lipinski definition) is 0. The highest BCUT2D eigenvalue weighted by Gasteiger charge is 2.18. The Bertz CT molecular complexity index is 365.